The van der Waals surface area contributed by atoms with Crippen LogP contribution in [0.3, 0.4) is 0 Å². The minimum atomic E-state index is -0.699. The zero-order valence-corrected chi connectivity index (χ0v) is 5.87. The van der Waals surface area contributed by atoms with Gasteiger partial charge in [-0.3, -0.25) is 0 Å². The molecule has 0 aliphatic rings. The Morgan fingerprint density at radius 1 is 1.44 bits per heavy atom. The van der Waals surface area contributed by atoms with Gasteiger partial charge in [0.25, 0.3) is 0 Å². The Morgan fingerprint density at radius 3 is 2.56 bits per heavy atom. The number of rotatable bonds is 0. The van der Waals surface area contributed by atoms with Crippen molar-refractivity contribution in [2.45, 2.75) is 0 Å². The molecule has 0 unspecified atom stereocenters. The van der Waals surface area contributed by atoms with Gasteiger partial charge < -0.3 is 0 Å². The van der Waals surface area contributed by atoms with Crippen molar-refractivity contribution >= 4 is 15.9 Å². The van der Waals surface area contributed by atoms with Gasteiger partial charge in [0.05, 0.1) is 4.47 Å². The summed E-state index contributed by atoms with van der Waals surface area (Å²) in [6.45, 7) is 0. The Bertz CT molecular complexity index is 202. The van der Waals surface area contributed by atoms with E-state index >= 15 is 0 Å². The van der Waals surface area contributed by atoms with Gasteiger partial charge >= 0.3 is 0 Å². The van der Waals surface area contributed by atoms with Gasteiger partial charge in [0, 0.05) is 6.07 Å². The maximum absolute atomic E-state index is 12.3. The third kappa shape index (κ3) is 1.27. The molecule has 1 aromatic rings. The van der Waals surface area contributed by atoms with Crippen LogP contribution in [0.4, 0.5) is 8.78 Å². The van der Waals surface area contributed by atoms with E-state index < -0.39 is 11.6 Å². The van der Waals surface area contributed by atoms with Crippen molar-refractivity contribution in [3.8, 4) is 0 Å². The van der Waals surface area contributed by atoms with E-state index in [0.717, 1.165) is 6.07 Å². The fourth-order valence-corrected chi connectivity index (χ4v) is 0.676. The third-order valence-corrected chi connectivity index (χ3v) is 1.57. The van der Waals surface area contributed by atoms with Gasteiger partial charge in [-0.15, -0.1) is 0 Å². The normalized spacial score (nSPS) is 9.67. The zero-order valence-electron chi connectivity index (χ0n) is 4.29. The van der Waals surface area contributed by atoms with E-state index in [1.54, 1.807) is 0 Å². The van der Waals surface area contributed by atoms with Crippen molar-refractivity contribution in [1.29, 1.82) is 0 Å². The SMILES string of the molecule is Fc1[c]ccc(F)c1Br. The molecule has 0 fully saturated rings. The number of hydrogen-bond donors (Lipinski definition) is 0. The fourth-order valence-electron chi connectivity index (χ4n) is 0.429. The predicted octanol–water partition coefficient (Wildman–Crippen LogP) is 2.53. The van der Waals surface area contributed by atoms with Crippen molar-refractivity contribution in [3.05, 3.63) is 34.3 Å². The molecule has 9 heavy (non-hydrogen) atoms. The molecule has 1 aromatic carbocycles. The summed E-state index contributed by atoms with van der Waals surface area (Å²) in [5, 5.41) is 0. The summed E-state index contributed by atoms with van der Waals surface area (Å²) in [6.07, 6.45) is 0. The lowest BCUT2D eigenvalue weighted by Gasteiger charge is -1.91. The van der Waals surface area contributed by atoms with Crippen molar-refractivity contribution < 1.29 is 8.78 Å². The van der Waals surface area contributed by atoms with Crippen molar-refractivity contribution in [3.63, 3.8) is 0 Å². The Labute approximate surface area is 59.6 Å². The first kappa shape index (κ1) is 6.68. The summed E-state index contributed by atoms with van der Waals surface area (Å²) in [6, 6.07) is 4.51. The van der Waals surface area contributed by atoms with Gasteiger partial charge in [0.1, 0.15) is 11.6 Å². The molecule has 1 radical (unpaired) electrons. The Kier molecular flexibility index (Phi) is 1.81. The van der Waals surface area contributed by atoms with Gasteiger partial charge in [0.2, 0.25) is 0 Å². The largest absolute Gasteiger partial charge is 0.206 e. The van der Waals surface area contributed by atoms with E-state index in [0.29, 0.717) is 0 Å². The summed E-state index contributed by atoms with van der Waals surface area (Å²) in [5.41, 5.74) is 0. The molecule has 0 N–H and O–H groups in total. The molecule has 0 heterocycles. The van der Waals surface area contributed by atoms with Crippen molar-refractivity contribution in [2.24, 2.45) is 0 Å². The molecule has 0 bridgehead atoms. The van der Waals surface area contributed by atoms with E-state index in [1.165, 1.54) is 6.07 Å². The first-order chi connectivity index (χ1) is 4.22. The lowest BCUT2D eigenvalue weighted by molar-refractivity contribution is 0.570. The molecule has 0 aromatic heterocycles. The number of benzene rings is 1. The smallest absolute Gasteiger partial charge is 0.148 e. The van der Waals surface area contributed by atoms with E-state index in [2.05, 4.69) is 22.0 Å². The van der Waals surface area contributed by atoms with Crippen LogP contribution in [0.15, 0.2) is 16.6 Å². The van der Waals surface area contributed by atoms with Gasteiger partial charge in [-0.2, -0.15) is 0 Å². The van der Waals surface area contributed by atoms with Crippen LogP contribution in [0.25, 0.3) is 0 Å². The highest BCUT2D eigenvalue weighted by Crippen LogP contribution is 2.17. The molecule has 0 aliphatic carbocycles. The van der Waals surface area contributed by atoms with E-state index in [1.807, 2.05) is 0 Å². The minimum Gasteiger partial charge on any atom is -0.206 e. The maximum atomic E-state index is 12.3. The van der Waals surface area contributed by atoms with Gasteiger partial charge in [-0.25, -0.2) is 8.78 Å². The zero-order chi connectivity index (χ0) is 6.85. The van der Waals surface area contributed by atoms with E-state index in [9.17, 15) is 8.78 Å². The molecule has 0 amide bonds. The second kappa shape index (κ2) is 2.43. The Morgan fingerprint density at radius 2 is 2.11 bits per heavy atom. The third-order valence-electron chi connectivity index (χ3n) is 0.842. The molecule has 0 saturated heterocycles. The quantitative estimate of drug-likeness (QED) is 0.554. The highest BCUT2D eigenvalue weighted by Gasteiger charge is 2.02. The summed E-state index contributed by atoms with van der Waals surface area (Å²) in [7, 11) is 0. The number of halogens is 3. The fraction of sp³-hybridized carbons (Fsp3) is 0. The summed E-state index contributed by atoms with van der Waals surface area (Å²) in [4.78, 5) is 0. The Balaban J connectivity index is 3.25. The van der Waals surface area contributed by atoms with E-state index in [-0.39, 0.29) is 4.47 Å². The molecule has 0 aliphatic heterocycles. The molecule has 0 nitrogen and oxygen atoms in total. The van der Waals surface area contributed by atoms with Crippen molar-refractivity contribution in [1.82, 2.24) is 0 Å². The van der Waals surface area contributed by atoms with Crippen LogP contribution in [0.1, 0.15) is 0 Å². The van der Waals surface area contributed by atoms with Crippen LogP contribution in [-0.4, -0.2) is 0 Å². The first-order valence-corrected chi connectivity index (χ1v) is 3.02. The highest BCUT2D eigenvalue weighted by atomic mass is 79.9. The average molecular weight is 192 g/mol. The first-order valence-electron chi connectivity index (χ1n) is 2.23. The minimum absolute atomic E-state index is 0.162. The number of hydrogen-bond acceptors (Lipinski definition) is 0. The standard InChI is InChI=1S/C6H2BrF2/c7-6-4(8)2-1-3-5(6)9/h1-2H. The van der Waals surface area contributed by atoms with E-state index in [4.69, 9.17) is 0 Å². The van der Waals surface area contributed by atoms with Crippen LogP contribution < -0.4 is 0 Å². The van der Waals surface area contributed by atoms with Crippen molar-refractivity contribution in [2.75, 3.05) is 0 Å². The summed E-state index contributed by atoms with van der Waals surface area (Å²) in [5.74, 6) is -1.30. The molecule has 47 valence electrons. The maximum Gasteiger partial charge on any atom is 0.148 e. The molecular weight excluding hydrogens is 190 g/mol. The van der Waals surface area contributed by atoms with Gasteiger partial charge in [-0.1, -0.05) is 0 Å². The van der Waals surface area contributed by atoms with Gasteiger partial charge in [0.15, 0.2) is 0 Å². The van der Waals surface area contributed by atoms with Crippen LogP contribution in [-0.2, 0) is 0 Å². The van der Waals surface area contributed by atoms with Crippen LogP contribution in [0, 0.1) is 17.7 Å². The molecule has 1 rings (SSSR count). The molecule has 0 spiro atoms. The van der Waals surface area contributed by atoms with Crippen LogP contribution >= 0.6 is 15.9 Å². The summed E-state index contributed by atoms with van der Waals surface area (Å²) < 4.78 is 24.3. The second-order valence-corrected chi connectivity index (χ2v) is 2.25. The summed E-state index contributed by atoms with van der Waals surface area (Å²) >= 11 is 2.70. The predicted molar refractivity (Wildman–Crippen MR) is 32.9 cm³/mol. The van der Waals surface area contributed by atoms with Gasteiger partial charge in [-0.05, 0) is 28.1 Å². The topological polar surface area (TPSA) is 0 Å². The molecule has 0 saturated carbocycles. The molecule has 3 heteroatoms. The second-order valence-electron chi connectivity index (χ2n) is 1.45. The lowest BCUT2D eigenvalue weighted by atomic mass is 10.3. The van der Waals surface area contributed by atoms with Crippen LogP contribution in [0.2, 0.25) is 0 Å². The average Bonchev–Trinajstić information content (AvgIpc) is 1.83. The Hall–Kier alpha value is -0.440. The van der Waals surface area contributed by atoms with Crippen LogP contribution in [0.5, 0.6) is 0 Å². The molecular formula is C6H2BrF2. The molecule has 0 atom stereocenters. The highest BCUT2D eigenvalue weighted by molar-refractivity contribution is 9.10. The monoisotopic (exact) mass is 191 g/mol. The lowest BCUT2D eigenvalue weighted by Crippen LogP contribution is -1.80.